The van der Waals surface area contributed by atoms with Crippen LogP contribution in [0.3, 0.4) is 0 Å². The summed E-state index contributed by atoms with van der Waals surface area (Å²) in [6, 6.07) is 17.5. The van der Waals surface area contributed by atoms with Gasteiger partial charge in [0.05, 0.1) is 0 Å². The number of unbranched alkanes of at least 4 members (excludes halogenated alkanes) is 2. The minimum Gasteiger partial charge on any atom is -0.429 e. The smallest absolute Gasteiger partial charge is 0.429 e. The van der Waals surface area contributed by atoms with Crippen molar-refractivity contribution in [1.29, 1.82) is 0 Å². The van der Waals surface area contributed by atoms with E-state index in [-0.39, 0.29) is 23.5 Å². The van der Waals surface area contributed by atoms with Crippen molar-refractivity contribution < 1.29 is 35.5 Å². The molecule has 0 amide bonds. The normalized spacial score (nSPS) is 11.5. The number of halogens is 7. The van der Waals surface area contributed by atoms with E-state index in [0.717, 1.165) is 29.5 Å². The Labute approximate surface area is 249 Å². The summed E-state index contributed by atoms with van der Waals surface area (Å²) in [4.78, 5) is 8.27. The maximum atomic E-state index is 14.8. The molecule has 226 valence electrons. The monoisotopic (exact) mass is 610 g/mol. The van der Waals surface area contributed by atoms with Crippen LogP contribution >= 0.6 is 0 Å². The Hall–Kier alpha value is -4.73. The van der Waals surface area contributed by atoms with Gasteiger partial charge in [-0.05, 0) is 47.2 Å². The van der Waals surface area contributed by atoms with Crippen LogP contribution in [-0.2, 0) is 12.5 Å². The van der Waals surface area contributed by atoms with E-state index in [1.807, 2.05) is 24.3 Å². The van der Waals surface area contributed by atoms with Crippen LogP contribution in [-0.4, -0.2) is 9.97 Å². The predicted octanol–water partition coefficient (Wildman–Crippen LogP) is 10.0. The molecule has 0 bridgehead atoms. The van der Waals surface area contributed by atoms with Crippen LogP contribution in [0.4, 0.5) is 30.7 Å². The highest BCUT2D eigenvalue weighted by Crippen LogP contribution is 2.37. The zero-order valence-corrected chi connectivity index (χ0v) is 23.4. The van der Waals surface area contributed by atoms with E-state index in [1.54, 1.807) is 0 Å². The number of ether oxygens (including phenoxy) is 1. The van der Waals surface area contributed by atoms with Crippen molar-refractivity contribution >= 4 is 0 Å². The Morgan fingerprint density at radius 3 is 1.64 bits per heavy atom. The Morgan fingerprint density at radius 2 is 1.11 bits per heavy atom. The number of aromatic nitrogens is 2. The molecule has 0 aliphatic heterocycles. The summed E-state index contributed by atoms with van der Waals surface area (Å²) in [6.07, 6.45) is 2.76. The Morgan fingerprint density at radius 1 is 0.614 bits per heavy atom. The number of alkyl halides is 2. The van der Waals surface area contributed by atoms with E-state index in [4.69, 9.17) is 0 Å². The van der Waals surface area contributed by atoms with Gasteiger partial charge in [-0.2, -0.15) is 8.78 Å². The lowest BCUT2D eigenvalue weighted by molar-refractivity contribution is -0.189. The number of benzene rings is 4. The summed E-state index contributed by atoms with van der Waals surface area (Å²) in [6.45, 7) is 2.18. The second-order valence-corrected chi connectivity index (χ2v) is 10.2. The molecular formula is C34H25F7N2O. The molecule has 0 aliphatic carbocycles. The number of aryl methyl sites for hydroxylation is 1. The molecule has 0 saturated heterocycles. The topological polar surface area (TPSA) is 35.0 Å². The average molecular weight is 611 g/mol. The molecule has 0 atom stereocenters. The quantitative estimate of drug-likeness (QED) is 0.0897. The first-order valence-electron chi connectivity index (χ1n) is 13.8. The van der Waals surface area contributed by atoms with Gasteiger partial charge in [0, 0.05) is 35.7 Å². The highest BCUT2D eigenvalue weighted by molar-refractivity contribution is 5.70. The predicted molar refractivity (Wildman–Crippen MR) is 152 cm³/mol. The number of hydrogen-bond acceptors (Lipinski definition) is 3. The van der Waals surface area contributed by atoms with Gasteiger partial charge in [0.1, 0.15) is 22.9 Å². The molecule has 0 radical (unpaired) electrons. The Bertz CT molecular complexity index is 1710. The van der Waals surface area contributed by atoms with Crippen molar-refractivity contribution in [3.8, 4) is 39.4 Å². The average Bonchev–Trinajstić information content (AvgIpc) is 3.00. The lowest BCUT2D eigenvalue weighted by Gasteiger charge is -2.20. The van der Waals surface area contributed by atoms with Gasteiger partial charge in [-0.3, -0.25) is 0 Å². The molecule has 0 aliphatic rings. The fraction of sp³-hybridized carbons (Fsp3) is 0.176. The van der Waals surface area contributed by atoms with Crippen LogP contribution in [0.5, 0.6) is 5.75 Å². The molecule has 0 fully saturated rings. The Balaban J connectivity index is 1.31. The molecule has 1 heterocycles. The van der Waals surface area contributed by atoms with E-state index < -0.39 is 46.5 Å². The summed E-state index contributed by atoms with van der Waals surface area (Å²) in [5, 5.41) is 0. The fourth-order valence-electron chi connectivity index (χ4n) is 4.69. The van der Waals surface area contributed by atoms with Crippen LogP contribution in [0.15, 0.2) is 85.2 Å². The van der Waals surface area contributed by atoms with Crippen molar-refractivity contribution in [2.24, 2.45) is 0 Å². The molecule has 44 heavy (non-hydrogen) atoms. The SMILES string of the molecule is CCCCCc1ccc(-c2ccc(-c3cnc(-c4cc(F)c(C(F)(F)Oc5cc(F)c(F)c(F)c5)c(F)c4)nc3)cc2)cc1. The highest BCUT2D eigenvalue weighted by Gasteiger charge is 2.41. The van der Waals surface area contributed by atoms with Gasteiger partial charge in [-0.1, -0.05) is 68.3 Å². The largest absolute Gasteiger partial charge is 0.432 e. The third-order valence-corrected chi connectivity index (χ3v) is 7.02. The van der Waals surface area contributed by atoms with Crippen LogP contribution in [0, 0.1) is 29.1 Å². The first kappa shape index (κ1) is 30.7. The van der Waals surface area contributed by atoms with Crippen molar-refractivity contribution in [2.45, 2.75) is 38.7 Å². The first-order chi connectivity index (χ1) is 21.1. The van der Waals surface area contributed by atoms with E-state index in [0.29, 0.717) is 17.7 Å². The summed E-state index contributed by atoms with van der Waals surface area (Å²) in [5.41, 5.74) is 2.74. The molecule has 0 saturated carbocycles. The second kappa shape index (κ2) is 12.9. The summed E-state index contributed by atoms with van der Waals surface area (Å²) >= 11 is 0. The number of hydrogen-bond donors (Lipinski definition) is 0. The van der Waals surface area contributed by atoms with Crippen LogP contribution in [0.2, 0.25) is 0 Å². The van der Waals surface area contributed by atoms with Crippen molar-refractivity contribution in [3.63, 3.8) is 0 Å². The van der Waals surface area contributed by atoms with Crippen molar-refractivity contribution in [3.05, 3.63) is 125 Å². The maximum absolute atomic E-state index is 14.8. The molecule has 10 heteroatoms. The van der Waals surface area contributed by atoms with Gasteiger partial charge in [0.25, 0.3) is 0 Å². The number of nitrogens with zero attached hydrogens (tertiary/aromatic N) is 2. The van der Waals surface area contributed by atoms with Crippen molar-refractivity contribution in [1.82, 2.24) is 9.97 Å². The molecule has 0 N–H and O–H groups in total. The van der Waals surface area contributed by atoms with Crippen LogP contribution < -0.4 is 4.74 Å². The molecule has 5 rings (SSSR count). The third kappa shape index (κ3) is 6.74. The van der Waals surface area contributed by atoms with Gasteiger partial charge in [-0.15, -0.1) is 0 Å². The molecule has 3 nitrogen and oxygen atoms in total. The maximum Gasteiger partial charge on any atom is 0.432 e. The first-order valence-corrected chi connectivity index (χ1v) is 13.8. The molecular weight excluding hydrogens is 585 g/mol. The minimum absolute atomic E-state index is 0.131. The van der Waals surface area contributed by atoms with Gasteiger partial charge in [-0.25, -0.2) is 31.9 Å². The highest BCUT2D eigenvalue weighted by atomic mass is 19.3. The number of rotatable bonds is 10. The molecule has 4 aromatic carbocycles. The summed E-state index contributed by atoms with van der Waals surface area (Å²) in [5.74, 6) is -10.3. The second-order valence-electron chi connectivity index (χ2n) is 10.2. The van der Waals surface area contributed by atoms with Gasteiger partial charge >= 0.3 is 6.11 Å². The zero-order chi connectivity index (χ0) is 31.4. The van der Waals surface area contributed by atoms with Crippen LogP contribution in [0.25, 0.3) is 33.6 Å². The van der Waals surface area contributed by atoms with Gasteiger partial charge in [0.2, 0.25) is 0 Å². The Kier molecular flexibility index (Phi) is 8.98. The molecule has 1 aromatic heterocycles. The standard InChI is InChI=1S/C34H25F7N2O/c1-2-3-4-5-20-6-8-21(9-7-20)22-10-12-23(13-11-22)25-18-42-33(43-19-25)24-14-27(35)31(28(36)15-24)34(40,41)44-26-16-29(37)32(39)30(38)17-26/h6-19H,2-5H2,1H3. The molecule has 5 aromatic rings. The minimum atomic E-state index is -4.70. The van der Waals surface area contributed by atoms with E-state index in [9.17, 15) is 30.7 Å². The third-order valence-electron chi connectivity index (χ3n) is 7.02. The van der Waals surface area contributed by atoms with Gasteiger partial charge in [0.15, 0.2) is 23.3 Å². The van der Waals surface area contributed by atoms with Gasteiger partial charge < -0.3 is 4.74 Å². The van der Waals surface area contributed by atoms with E-state index in [1.165, 1.54) is 30.8 Å². The molecule has 0 unspecified atom stereocenters. The lowest BCUT2D eigenvalue weighted by atomic mass is 9.99. The summed E-state index contributed by atoms with van der Waals surface area (Å²) in [7, 11) is 0. The zero-order valence-electron chi connectivity index (χ0n) is 23.4. The van der Waals surface area contributed by atoms with E-state index >= 15 is 0 Å². The van der Waals surface area contributed by atoms with E-state index in [2.05, 4.69) is 45.9 Å². The summed E-state index contributed by atoms with van der Waals surface area (Å²) < 4.78 is 103. The van der Waals surface area contributed by atoms with Crippen LogP contribution in [0.1, 0.15) is 37.3 Å². The molecule has 0 spiro atoms. The fourth-order valence-corrected chi connectivity index (χ4v) is 4.69. The lowest BCUT2D eigenvalue weighted by Crippen LogP contribution is -2.25. The van der Waals surface area contributed by atoms with Crippen molar-refractivity contribution in [2.75, 3.05) is 0 Å².